The number of nitrogens with zero attached hydrogens (tertiary/aromatic N) is 1. The van der Waals surface area contributed by atoms with Gasteiger partial charge in [0.2, 0.25) is 0 Å². The first-order valence-corrected chi connectivity index (χ1v) is 7.85. The van der Waals surface area contributed by atoms with Crippen LogP contribution in [0, 0.1) is 5.82 Å². The minimum atomic E-state index is -0.143. The Labute approximate surface area is 122 Å². The maximum Gasteiger partial charge on any atom is 0.123 e. The average molecular weight is 278 g/mol. The zero-order valence-electron chi connectivity index (χ0n) is 13.0. The van der Waals surface area contributed by atoms with Gasteiger partial charge >= 0.3 is 0 Å². The van der Waals surface area contributed by atoms with Gasteiger partial charge in [0.1, 0.15) is 5.82 Å². The quantitative estimate of drug-likeness (QED) is 0.852. The molecule has 1 saturated carbocycles. The number of likely N-dealkylation sites (N-methyl/N-ethyl adjacent to an activating group) is 2. The van der Waals surface area contributed by atoms with Crippen LogP contribution in [0.1, 0.15) is 51.1 Å². The third-order valence-electron chi connectivity index (χ3n) is 4.87. The highest BCUT2D eigenvalue weighted by atomic mass is 19.1. The van der Waals surface area contributed by atoms with Gasteiger partial charge in [0.05, 0.1) is 6.04 Å². The summed E-state index contributed by atoms with van der Waals surface area (Å²) in [5.74, 6) is -0.143. The van der Waals surface area contributed by atoms with Gasteiger partial charge in [0.25, 0.3) is 0 Å². The Morgan fingerprint density at radius 2 is 1.90 bits per heavy atom. The van der Waals surface area contributed by atoms with Gasteiger partial charge in [-0.05, 0) is 50.7 Å². The Bertz CT molecular complexity index is 423. The van der Waals surface area contributed by atoms with Gasteiger partial charge in [-0.25, -0.2) is 4.39 Å². The van der Waals surface area contributed by atoms with Crippen LogP contribution in [0.3, 0.4) is 0 Å². The maximum atomic E-state index is 13.6. The van der Waals surface area contributed by atoms with Gasteiger partial charge in [0.15, 0.2) is 0 Å². The van der Waals surface area contributed by atoms with Gasteiger partial charge in [-0.2, -0.15) is 0 Å². The van der Waals surface area contributed by atoms with Crippen molar-refractivity contribution in [3.63, 3.8) is 0 Å². The van der Waals surface area contributed by atoms with Gasteiger partial charge < -0.3 is 5.32 Å². The molecular weight excluding hydrogens is 251 g/mol. The molecule has 0 aromatic heterocycles. The molecule has 1 N–H and O–H groups in total. The van der Waals surface area contributed by atoms with E-state index in [1.165, 1.54) is 31.7 Å². The molecule has 0 bridgehead atoms. The third kappa shape index (κ3) is 2.75. The first-order valence-electron chi connectivity index (χ1n) is 7.85. The van der Waals surface area contributed by atoms with E-state index < -0.39 is 0 Å². The van der Waals surface area contributed by atoms with Crippen molar-refractivity contribution in [2.75, 3.05) is 20.1 Å². The van der Waals surface area contributed by atoms with Crippen molar-refractivity contribution >= 4 is 0 Å². The summed E-state index contributed by atoms with van der Waals surface area (Å²) in [4.78, 5) is 2.56. The van der Waals surface area contributed by atoms with Crippen molar-refractivity contribution in [1.29, 1.82) is 0 Å². The summed E-state index contributed by atoms with van der Waals surface area (Å²) in [5, 5.41) is 3.47. The molecule has 0 heterocycles. The zero-order valence-corrected chi connectivity index (χ0v) is 13.0. The SMILES string of the molecule is CCN(CC)C1(C(NC)c2cccc(F)c2)CCCC1. The van der Waals surface area contributed by atoms with Crippen molar-refractivity contribution in [2.24, 2.45) is 0 Å². The Kier molecular flexibility index (Phi) is 5.17. The molecule has 2 nitrogen and oxygen atoms in total. The first-order chi connectivity index (χ1) is 9.67. The molecule has 112 valence electrons. The molecule has 1 aromatic carbocycles. The predicted octanol–water partition coefficient (Wildman–Crippen LogP) is 3.74. The molecule has 1 aromatic rings. The van der Waals surface area contributed by atoms with Crippen LogP contribution in [0.15, 0.2) is 24.3 Å². The van der Waals surface area contributed by atoms with Crippen LogP contribution in [-0.4, -0.2) is 30.6 Å². The normalized spacial score (nSPS) is 19.4. The monoisotopic (exact) mass is 278 g/mol. The van der Waals surface area contributed by atoms with Crippen molar-refractivity contribution in [3.05, 3.63) is 35.6 Å². The largest absolute Gasteiger partial charge is 0.311 e. The number of nitrogens with one attached hydrogen (secondary N) is 1. The predicted molar refractivity (Wildman–Crippen MR) is 82.3 cm³/mol. The van der Waals surface area contributed by atoms with E-state index in [9.17, 15) is 4.39 Å². The number of hydrogen-bond acceptors (Lipinski definition) is 2. The minimum absolute atomic E-state index is 0.131. The second kappa shape index (κ2) is 6.68. The van der Waals surface area contributed by atoms with Gasteiger partial charge in [-0.1, -0.05) is 38.8 Å². The molecule has 1 aliphatic rings. The lowest BCUT2D eigenvalue weighted by molar-refractivity contribution is 0.0654. The summed E-state index contributed by atoms with van der Waals surface area (Å²) in [7, 11) is 2.00. The van der Waals surface area contributed by atoms with E-state index in [-0.39, 0.29) is 17.4 Å². The number of hydrogen-bond donors (Lipinski definition) is 1. The van der Waals surface area contributed by atoms with Crippen LogP contribution in [0.25, 0.3) is 0 Å². The summed E-state index contributed by atoms with van der Waals surface area (Å²) >= 11 is 0. The van der Waals surface area contributed by atoms with Crippen molar-refractivity contribution in [1.82, 2.24) is 10.2 Å². The summed E-state index contributed by atoms with van der Waals surface area (Å²) < 4.78 is 13.6. The van der Waals surface area contributed by atoms with Crippen LogP contribution < -0.4 is 5.32 Å². The highest BCUT2D eigenvalue weighted by Gasteiger charge is 2.44. The molecular formula is C17H27FN2. The molecule has 0 radical (unpaired) electrons. The maximum absolute atomic E-state index is 13.6. The van der Waals surface area contributed by atoms with Gasteiger partial charge in [0, 0.05) is 5.54 Å². The molecule has 0 spiro atoms. The third-order valence-corrected chi connectivity index (χ3v) is 4.87. The molecule has 1 aliphatic carbocycles. The molecule has 2 rings (SSSR count). The van der Waals surface area contributed by atoms with Crippen LogP contribution in [0.5, 0.6) is 0 Å². The molecule has 1 unspecified atom stereocenters. The number of benzene rings is 1. The van der Waals surface area contributed by atoms with E-state index in [4.69, 9.17) is 0 Å². The second-order valence-corrected chi connectivity index (χ2v) is 5.76. The van der Waals surface area contributed by atoms with Crippen LogP contribution in [0.2, 0.25) is 0 Å². The molecule has 0 aliphatic heterocycles. The second-order valence-electron chi connectivity index (χ2n) is 5.76. The van der Waals surface area contributed by atoms with Gasteiger partial charge in [-0.3, -0.25) is 4.90 Å². The molecule has 0 amide bonds. The minimum Gasteiger partial charge on any atom is -0.311 e. The molecule has 3 heteroatoms. The van der Waals surface area contributed by atoms with Crippen LogP contribution in [0.4, 0.5) is 4.39 Å². The van der Waals surface area contributed by atoms with E-state index in [2.05, 4.69) is 24.1 Å². The van der Waals surface area contributed by atoms with Crippen LogP contribution in [-0.2, 0) is 0 Å². The summed E-state index contributed by atoms with van der Waals surface area (Å²) in [6.07, 6.45) is 4.92. The lowest BCUT2D eigenvalue weighted by Crippen LogP contribution is -2.54. The van der Waals surface area contributed by atoms with E-state index in [1.807, 2.05) is 19.2 Å². The molecule has 1 atom stereocenters. The van der Waals surface area contributed by atoms with Crippen molar-refractivity contribution in [2.45, 2.75) is 51.1 Å². The fraction of sp³-hybridized carbons (Fsp3) is 0.647. The zero-order chi connectivity index (χ0) is 14.6. The lowest BCUT2D eigenvalue weighted by Gasteiger charge is -2.46. The van der Waals surface area contributed by atoms with E-state index in [0.717, 1.165) is 18.7 Å². The Hall–Kier alpha value is -0.930. The fourth-order valence-corrected chi connectivity index (χ4v) is 4.06. The molecule has 0 saturated heterocycles. The highest BCUT2D eigenvalue weighted by Crippen LogP contribution is 2.44. The topological polar surface area (TPSA) is 15.3 Å². The smallest absolute Gasteiger partial charge is 0.123 e. The Balaban J connectivity index is 2.40. The standard InChI is InChI=1S/C17H27FN2/c1-4-20(5-2)17(11-6-7-12-17)16(19-3)14-9-8-10-15(18)13-14/h8-10,13,16,19H,4-7,11-12H2,1-3H3. The summed E-state index contributed by atoms with van der Waals surface area (Å²) in [6, 6.07) is 7.27. The average Bonchev–Trinajstić information content (AvgIpc) is 2.91. The number of halogens is 1. The first kappa shape index (κ1) is 15.5. The molecule has 20 heavy (non-hydrogen) atoms. The van der Waals surface area contributed by atoms with Crippen molar-refractivity contribution < 1.29 is 4.39 Å². The Morgan fingerprint density at radius 1 is 1.25 bits per heavy atom. The lowest BCUT2D eigenvalue weighted by atomic mass is 9.81. The van der Waals surface area contributed by atoms with Crippen LogP contribution >= 0.6 is 0 Å². The summed E-state index contributed by atoms with van der Waals surface area (Å²) in [5.41, 5.74) is 1.20. The van der Waals surface area contributed by atoms with E-state index in [0.29, 0.717) is 0 Å². The highest BCUT2D eigenvalue weighted by molar-refractivity contribution is 5.25. The van der Waals surface area contributed by atoms with E-state index in [1.54, 1.807) is 6.07 Å². The number of rotatable bonds is 6. The van der Waals surface area contributed by atoms with Gasteiger partial charge in [-0.15, -0.1) is 0 Å². The van der Waals surface area contributed by atoms with E-state index >= 15 is 0 Å². The Morgan fingerprint density at radius 3 is 2.40 bits per heavy atom. The molecule has 1 fully saturated rings. The fourth-order valence-electron chi connectivity index (χ4n) is 4.06. The van der Waals surface area contributed by atoms with Crippen molar-refractivity contribution in [3.8, 4) is 0 Å². The summed E-state index contributed by atoms with van der Waals surface area (Å²) in [6.45, 7) is 6.54.